The summed E-state index contributed by atoms with van der Waals surface area (Å²) in [4.78, 5) is 0. The second-order valence-electron chi connectivity index (χ2n) is 12.4. The second-order valence-corrected chi connectivity index (χ2v) is 13.4. The molecule has 0 aliphatic heterocycles. The first-order chi connectivity index (χ1) is 19.1. The molecule has 218 valence electrons. The quantitative estimate of drug-likeness (QED) is 0.260. The average Bonchev–Trinajstić information content (AvgIpc) is 3.69. The molecule has 6 rings (SSSR count). The zero-order chi connectivity index (χ0) is 28.8. The van der Waals surface area contributed by atoms with Crippen LogP contribution < -0.4 is 24.8 Å². The van der Waals surface area contributed by atoms with Crippen molar-refractivity contribution in [2.75, 3.05) is 0 Å². The van der Waals surface area contributed by atoms with Gasteiger partial charge in [-0.2, -0.15) is 35.9 Å². The fraction of sp³-hybridized carbons (Fsp3) is 0.263. The van der Waals surface area contributed by atoms with Crippen LogP contribution in [0.4, 0.5) is 0 Å². The van der Waals surface area contributed by atoms with Crippen molar-refractivity contribution in [1.29, 1.82) is 0 Å². The number of hydrogen-bond donors (Lipinski definition) is 0. The Morgan fingerprint density at radius 3 is 2.05 bits per heavy atom. The van der Waals surface area contributed by atoms with Crippen LogP contribution in [0, 0.1) is 6.07 Å². The molecule has 1 aliphatic rings. The Labute approximate surface area is 280 Å². The molecule has 0 N–H and O–H groups in total. The molecule has 4 heteroatoms. The first-order valence-corrected chi connectivity index (χ1v) is 15.4. The van der Waals surface area contributed by atoms with Crippen LogP contribution in [0.1, 0.15) is 69.4 Å². The number of furan rings is 1. The van der Waals surface area contributed by atoms with Crippen LogP contribution in [-0.2, 0) is 47.9 Å². The smallest absolute Gasteiger partial charge is 0.0471 e. The molecule has 0 fully saturated rings. The van der Waals surface area contributed by atoms with E-state index >= 15 is 0 Å². The molecule has 1 aromatic heterocycles. The summed E-state index contributed by atoms with van der Waals surface area (Å²) in [5.74, 6) is 0. The van der Waals surface area contributed by atoms with E-state index in [-0.39, 0.29) is 35.6 Å². The molecule has 0 unspecified atom stereocenters. The molecular formula is C38H40Cl2OZr-2. The summed E-state index contributed by atoms with van der Waals surface area (Å²) in [6.07, 6.45) is 5.58. The van der Waals surface area contributed by atoms with Crippen molar-refractivity contribution in [2.45, 2.75) is 65.2 Å². The predicted octanol–water partition coefficient (Wildman–Crippen LogP) is 3.90. The Bertz CT molecular complexity index is 1410. The topological polar surface area (TPSA) is 13.1 Å². The molecule has 0 bridgehead atoms. The van der Waals surface area contributed by atoms with Crippen LogP contribution in [0.2, 0.25) is 0 Å². The summed E-state index contributed by atoms with van der Waals surface area (Å²) in [6, 6.07) is 35.8. The summed E-state index contributed by atoms with van der Waals surface area (Å²) in [7, 11) is 0. The summed E-state index contributed by atoms with van der Waals surface area (Å²) in [6.45, 7) is 13.6. The molecule has 0 amide bonds. The summed E-state index contributed by atoms with van der Waals surface area (Å²) < 4.78 is 7.19. The number of benzene rings is 3. The first-order valence-electron chi connectivity index (χ1n) is 14.0. The van der Waals surface area contributed by atoms with E-state index in [1.165, 1.54) is 68.7 Å². The molecule has 5 aromatic rings. The van der Waals surface area contributed by atoms with Crippen molar-refractivity contribution in [1.82, 2.24) is 0 Å². The van der Waals surface area contributed by atoms with Gasteiger partial charge in [0.25, 0.3) is 0 Å². The molecule has 4 aromatic carbocycles. The summed E-state index contributed by atoms with van der Waals surface area (Å²) >= 11 is 1.51. The van der Waals surface area contributed by atoms with Gasteiger partial charge in [-0.1, -0.05) is 82.5 Å². The maximum Gasteiger partial charge on any atom is 0.0471 e. The minimum absolute atomic E-state index is 0. The average molecular weight is 675 g/mol. The van der Waals surface area contributed by atoms with Crippen molar-refractivity contribution < 1.29 is 53.5 Å². The molecule has 0 radical (unpaired) electrons. The Morgan fingerprint density at radius 2 is 1.48 bits per heavy atom. The maximum absolute atomic E-state index is 4.94. The minimum atomic E-state index is 0. The van der Waals surface area contributed by atoms with Gasteiger partial charge in [0.1, 0.15) is 0 Å². The van der Waals surface area contributed by atoms with Crippen molar-refractivity contribution in [3.8, 4) is 22.3 Å². The van der Waals surface area contributed by atoms with Crippen molar-refractivity contribution in [3.05, 3.63) is 137 Å². The van der Waals surface area contributed by atoms with Crippen LogP contribution >= 0.6 is 0 Å². The van der Waals surface area contributed by atoms with Gasteiger partial charge in [-0.25, -0.2) is 0 Å². The van der Waals surface area contributed by atoms with Gasteiger partial charge in [-0.05, 0) is 28.4 Å². The molecule has 0 saturated heterocycles. The molecule has 1 heterocycles. The molecule has 1 nitrogen and oxygen atoms in total. The van der Waals surface area contributed by atoms with Gasteiger partial charge in [0.2, 0.25) is 0 Å². The molecule has 0 spiro atoms. The zero-order valence-electron chi connectivity index (χ0n) is 25.5. The van der Waals surface area contributed by atoms with E-state index in [9.17, 15) is 0 Å². The SMILES string of the molecule is CC(C)(C)c1[c-]c2c(cc1)-c1ccc(C(C)(C)C)cc1C2.[Cl-].[Cl-].[Zr+2]=[CH]Cc1ccccc1.c1cc[c-](-c2ccoc2)c1. The normalized spacial score (nSPS) is 11.3. The first kappa shape index (κ1) is 35.8. The standard InChI is InChI=1S/C21H25.C9H7O.C8H8.2ClH.Zr/c1-20(2,3)16-7-9-18-14(12-16)11-15-13-17(21(4,5)6)8-10-19(15)18;1-2-4-8(3-1)9-5-6-10-7-9;1-2-8-6-4-3-5-7-8;;;/h7-10,12H,11H2,1-6H3;1-7H;1,3-7H,2H2;2*1H;/q2*-1;;;;+2/p-2. The molecule has 0 saturated carbocycles. The van der Waals surface area contributed by atoms with Gasteiger partial charge in [0.15, 0.2) is 0 Å². The number of fused-ring (bicyclic) bond motifs is 3. The number of halogens is 2. The molecule has 1 aliphatic carbocycles. The van der Waals surface area contributed by atoms with E-state index in [4.69, 9.17) is 4.42 Å². The van der Waals surface area contributed by atoms with E-state index in [1.807, 2.05) is 24.3 Å². The van der Waals surface area contributed by atoms with Crippen LogP contribution in [0.3, 0.4) is 0 Å². The Hall–Kier alpha value is -2.38. The number of hydrogen-bond acceptors (Lipinski definition) is 1. The molecule has 42 heavy (non-hydrogen) atoms. The second kappa shape index (κ2) is 15.9. The largest absolute Gasteiger partial charge is 0.515 e. The Morgan fingerprint density at radius 1 is 0.810 bits per heavy atom. The summed E-state index contributed by atoms with van der Waals surface area (Å²) in [5.41, 5.74) is 12.5. The van der Waals surface area contributed by atoms with Gasteiger partial charge in [-0.3, -0.25) is 0 Å². The third-order valence-electron chi connectivity index (χ3n) is 7.16. The third-order valence-corrected chi connectivity index (χ3v) is 7.66. The predicted molar refractivity (Wildman–Crippen MR) is 167 cm³/mol. The monoisotopic (exact) mass is 672 g/mol. The van der Waals surface area contributed by atoms with E-state index in [0.29, 0.717) is 0 Å². The minimum Gasteiger partial charge on any atom is -0.515 e. The Balaban J connectivity index is 0.000000245. The fourth-order valence-electron chi connectivity index (χ4n) is 4.75. The van der Waals surface area contributed by atoms with E-state index in [2.05, 4.69) is 118 Å². The van der Waals surface area contributed by atoms with Crippen LogP contribution in [0.25, 0.3) is 22.3 Å². The Kier molecular flexibility index (Phi) is 13.6. The van der Waals surface area contributed by atoms with Crippen molar-refractivity contribution in [2.24, 2.45) is 0 Å². The van der Waals surface area contributed by atoms with Crippen LogP contribution in [-0.4, -0.2) is 3.71 Å². The molecular weight excluding hydrogens is 635 g/mol. The van der Waals surface area contributed by atoms with Crippen molar-refractivity contribution in [3.63, 3.8) is 0 Å². The summed E-state index contributed by atoms with van der Waals surface area (Å²) in [5, 5.41) is 0. The van der Waals surface area contributed by atoms with Gasteiger partial charge >= 0.3 is 70.3 Å². The van der Waals surface area contributed by atoms with Gasteiger partial charge in [0.05, 0.1) is 0 Å². The number of rotatable bonds is 3. The van der Waals surface area contributed by atoms with Gasteiger partial charge < -0.3 is 29.2 Å². The molecule has 0 atom stereocenters. The van der Waals surface area contributed by atoms with Gasteiger partial charge in [0, 0.05) is 12.5 Å². The van der Waals surface area contributed by atoms with Crippen LogP contribution in [0.15, 0.2) is 108 Å². The third kappa shape index (κ3) is 9.57. The van der Waals surface area contributed by atoms with E-state index in [0.717, 1.165) is 18.4 Å². The van der Waals surface area contributed by atoms with Crippen molar-refractivity contribution >= 4 is 3.71 Å². The van der Waals surface area contributed by atoms with E-state index in [1.54, 1.807) is 12.5 Å². The fourth-order valence-corrected chi connectivity index (χ4v) is 5.33. The maximum atomic E-state index is 4.94. The van der Waals surface area contributed by atoms with E-state index < -0.39 is 0 Å². The van der Waals surface area contributed by atoms with Gasteiger partial charge in [-0.15, -0.1) is 23.3 Å². The van der Waals surface area contributed by atoms with Crippen LogP contribution in [0.5, 0.6) is 0 Å². The zero-order valence-corrected chi connectivity index (χ0v) is 29.4.